The van der Waals surface area contributed by atoms with E-state index in [9.17, 15) is 18.3 Å². The Bertz CT molecular complexity index is 1820. The van der Waals surface area contributed by atoms with Crippen molar-refractivity contribution in [3.63, 3.8) is 0 Å². The molecule has 0 unspecified atom stereocenters. The van der Waals surface area contributed by atoms with Gasteiger partial charge in [-0.15, -0.1) is 5.10 Å². The Labute approximate surface area is 224 Å². The summed E-state index contributed by atoms with van der Waals surface area (Å²) in [6.45, 7) is 0.105. The fourth-order valence-electron chi connectivity index (χ4n) is 5.03. The minimum atomic E-state index is -3.84. The van der Waals surface area contributed by atoms with Crippen molar-refractivity contribution in [1.82, 2.24) is 34.1 Å². The third kappa shape index (κ3) is 4.47. The molecule has 1 fully saturated rings. The number of hydrogen-bond donors (Lipinski definition) is 1. The molecule has 1 saturated carbocycles. The number of aryl methyl sites for hydroxylation is 1. The number of rotatable bonds is 8. The van der Waals surface area contributed by atoms with Gasteiger partial charge in [0.1, 0.15) is 10.5 Å². The number of para-hydroxylation sites is 1. The highest BCUT2D eigenvalue weighted by Crippen LogP contribution is 2.55. The normalized spacial score (nSPS) is 17.1. The van der Waals surface area contributed by atoms with Crippen molar-refractivity contribution in [1.29, 1.82) is 0 Å². The second-order valence-electron chi connectivity index (χ2n) is 9.69. The van der Waals surface area contributed by atoms with E-state index in [1.807, 2.05) is 42.6 Å². The maximum absolute atomic E-state index is 13.5. The van der Waals surface area contributed by atoms with Crippen LogP contribution in [0.4, 0.5) is 0 Å². The zero-order chi connectivity index (χ0) is 27.3. The number of pyridine rings is 1. The van der Waals surface area contributed by atoms with Gasteiger partial charge in [-0.2, -0.15) is 9.40 Å². The SMILES string of the molecule is CN(Cc1cccc(-n2ncc(C(=O)O)c2[C@@H]2C[C@H]2c2cn(C)nn2)c1)S(=O)(=O)c1cccc2cccnc12. The van der Waals surface area contributed by atoms with Crippen LogP contribution >= 0.6 is 0 Å². The van der Waals surface area contributed by atoms with E-state index in [4.69, 9.17) is 0 Å². The average molecular weight is 544 g/mol. The second-order valence-corrected chi connectivity index (χ2v) is 11.7. The molecule has 3 aromatic heterocycles. The molecule has 0 spiro atoms. The van der Waals surface area contributed by atoms with Crippen molar-refractivity contribution in [3.8, 4) is 5.69 Å². The first kappa shape index (κ1) is 24.9. The number of aromatic carboxylic acids is 1. The highest BCUT2D eigenvalue weighted by atomic mass is 32.2. The van der Waals surface area contributed by atoms with Crippen LogP contribution in [0.3, 0.4) is 0 Å². The van der Waals surface area contributed by atoms with Crippen LogP contribution in [0.1, 0.15) is 45.6 Å². The maximum Gasteiger partial charge on any atom is 0.339 e. The number of carboxylic acids is 1. The predicted octanol–water partition coefficient (Wildman–Crippen LogP) is 3.34. The average Bonchev–Trinajstić information content (AvgIpc) is 3.37. The van der Waals surface area contributed by atoms with Gasteiger partial charge in [-0.05, 0) is 36.2 Å². The lowest BCUT2D eigenvalue weighted by Crippen LogP contribution is -2.27. The van der Waals surface area contributed by atoms with Crippen molar-refractivity contribution in [2.75, 3.05) is 7.05 Å². The lowest BCUT2D eigenvalue weighted by molar-refractivity contribution is 0.0695. The zero-order valence-electron chi connectivity index (χ0n) is 21.2. The summed E-state index contributed by atoms with van der Waals surface area (Å²) in [6, 6.07) is 16.0. The second kappa shape index (κ2) is 9.40. The minimum Gasteiger partial charge on any atom is -0.478 e. The highest BCUT2D eigenvalue weighted by Gasteiger charge is 2.46. The van der Waals surface area contributed by atoms with E-state index in [1.54, 1.807) is 40.8 Å². The zero-order valence-corrected chi connectivity index (χ0v) is 22.0. The fourth-order valence-corrected chi connectivity index (χ4v) is 6.35. The summed E-state index contributed by atoms with van der Waals surface area (Å²) < 4.78 is 31.5. The van der Waals surface area contributed by atoms with Crippen LogP contribution in [-0.4, -0.2) is 60.6 Å². The molecule has 11 nitrogen and oxygen atoms in total. The van der Waals surface area contributed by atoms with Gasteiger partial charge in [0.15, 0.2) is 0 Å². The molecular formula is C27H25N7O4S. The molecule has 39 heavy (non-hydrogen) atoms. The minimum absolute atomic E-state index is 0.0565. The largest absolute Gasteiger partial charge is 0.478 e. The molecule has 0 bridgehead atoms. The first-order chi connectivity index (χ1) is 18.7. The van der Waals surface area contributed by atoms with E-state index in [2.05, 4.69) is 20.4 Å². The molecule has 1 N–H and O–H groups in total. The summed E-state index contributed by atoms with van der Waals surface area (Å²) >= 11 is 0. The summed E-state index contributed by atoms with van der Waals surface area (Å²) in [5.41, 5.74) is 3.35. The Morgan fingerprint density at radius 1 is 1.13 bits per heavy atom. The Kier molecular flexibility index (Phi) is 6.00. The van der Waals surface area contributed by atoms with Crippen LogP contribution in [0.25, 0.3) is 16.6 Å². The smallest absolute Gasteiger partial charge is 0.339 e. The van der Waals surface area contributed by atoms with Crippen LogP contribution in [0, 0.1) is 0 Å². The molecule has 0 amide bonds. The molecule has 0 radical (unpaired) electrons. The van der Waals surface area contributed by atoms with Crippen molar-refractivity contribution in [2.45, 2.75) is 29.7 Å². The monoisotopic (exact) mass is 543 g/mol. The fraction of sp³-hybridized carbons (Fsp3) is 0.222. The van der Waals surface area contributed by atoms with E-state index < -0.39 is 16.0 Å². The maximum atomic E-state index is 13.5. The van der Waals surface area contributed by atoms with Crippen molar-refractivity contribution in [2.24, 2.45) is 7.05 Å². The topological polar surface area (TPSA) is 136 Å². The summed E-state index contributed by atoms with van der Waals surface area (Å²) in [5.74, 6) is -1.06. The Morgan fingerprint density at radius 3 is 2.69 bits per heavy atom. The van der Waals surface area contributed by atoms with Gasteiger partial charge in [-0.1, -0.05) is 35.5 Å². The molecule has 2 aromatic carbocycles. The molecule has 3 heterocycles. The van der Waals surface area contributed by atoms with Crippen LogP contribution in [-0.2, 0) is 23.6 Å². The van der Waals surface area contributed by atoms with Gasteiger partial charge in [0, 0.05) is 50.3 Å². The number of carboxylic acid groups (broad SMARTS) is 1. The number of fused-ring (bicyclic) bond motifs is 1. The van der Waals surface area contributed by atoms with Crippen LogP contribution in [0.2, 0.25) is 0 Å². The first-order valence-electron chi connectivity index (χ1n) is 12.3. The van der Waals surface area contributed by atoms with Crippen molar-refractivity contribution in [3.05, 3.63) is 95.7 Å². The molecular weight excluding hydrogens is 518 g/mol. The summed E-state index contributed by atoms with van der Waals surface area (Å²) in [4.78, 5) is 16.5. The Hall–Kier alpha value is -4.42. The summed E-state index contributed by atoms with van der Waals surface area (Å²) in [5, 5.41) is 23.2. The van der Waals surface area contributed by atoms with Gasteiger partial charge in [0.05, 0.1) is 28.8 Å². The van der Waals surface area contributed by atoms with E-state index in [1.165, 1.54) is 17.5 Å². The Balaban J connectivity index is 1.31. The van der Waals surface area contributed by atoms with Gasteiger partial charge in [0.25, 0.3) is 0 Å². The molecule has 1 aliphatic rings. The van der Waals surface area contributed by atoms with E-state index in [-0.39, 0.29) is 28.8 Å². The van der Waals surface area contributed by atoms with Crippen LogP contribution in [0.15, 0.2) is 78.1 Å². The van der Waals surface area contributed by atoms with Crippen LogP contribution in [0.5, 0.6) is 0 Å². The number of benzene rings is 2. The number of hydrogen-bond acceptors (Lipinski definition) is 7. The third-order valence-electron chi connectivity index (χ3n) is 7.02. The molecule has 12 heteroatoms. The number of sulfonamides is 1. The summed E-state index contributed by atoms with van der Waals surface area (Å²) in [7, 11) is -0.519. The summed E-state index contributed by atoms with van der Waals surface area (Å²) in [6.07, 6.45) is 5.52. The van der Waals surface area contributed by atoms with E-state index in [0.29, 0.717) is 16.9 Å². The van der Waals surface area contributed by atoms with Crippen molar-refractivity contribution < 1.29 is 18.3 Å². The lowest BCUT2D eigenvalue weighted by atomic mass is 10.1. The van der Waals surface area contributed by atoms with Gasteiger partial charge in [-0.25, -0.2) is 17.9 Å². The standard InChI is InChI=1S/C27H25N7O4S/c1-32-16-23(30-31-32)20-13-21(20)26-22(27(35)36)14-29-34(26)19-9-3-6-17(12-19)15-33(2)39(37,38)24-10-4-7-18-8-5-11-28-25(18)24/h3-12,14,16,20-21H,13,15H2,1-2H3,(H,35,36)/t20-,21-/m1/s1. The highest BCUT2D eigenvalue weighted by molar-refractivity contribution is 7.89. The van der Waals surface area contributed by atoms with Gasteiger partial charge >= 0.3 is 5.97 Å². The number of carbonyl (C=O) groups is 1. The van der Waals surface area contributed by atoms with Gasteiger partial charge in [-0.3, -0.25) is 9.67 Å². The molecule has 0 aliphatic heterocycles. The molecule has 6 rings (SSSR count). The van der Waals surface area contributed by atoms with E-state index >= 15 is 0 Å². The molecule has 1 aliphatic carbocycles. The molecule has 198 valence electrons. The number of aromatic nitrogens is 6. The lowest BCUT2D eigenvalue weighted by Gasteiger charge is -2.19. The Morgan fingerprint density at radius 2 is 1.92 bits per heavy atom. The number of nitrogens with zero attached hydrogens (tertiary/aromatic N) is 7. The van der Waals surface area contributed by atoms with Gasteiger partial charge < -0.3 is 5.11 Å². The predicted molar refractivity (Wildman–Crippen MR) is 142 cm³/mol. The molecule has 0 saturated heterocycles. The van der Waals surface area contributed by atoms with Gasteiger partial charge in [0.2, 0.25) is 10.0 Å². The quantitative estimate of drug-likeness (QED) is 0.315. The molecule has 2 atom stereocenters. The van der Waals surface area contributed by atoms with E-state index in [0.717, 1.165) is 23.1 Å². The van der Waals surface area contributed by atoms with Crippen molar-refractivity contribution >= 4 is 26.9 Å². The van der Waals surface area contributed by atoms with Crippen LogP contribution < -0.4 is 0 Å². The third-order valence-corrected chi connectivity index (χ3v) is 8.86. The molecule has 5 aromatic rings. The first-order valence-corrected chi connectivity index (χ1v) is 13.7.